The van der Waals surface area contributed by atoms with Gasteiger partial charge in [-0.15, -0.1) is 0 Å². The molecule has 0 unspecified atom stereocenters. The zero-order chi connectivity index (χ0) is 24.0. The van der Waals surface area contributed by atoms with Crippen LogP contribution in [0.5, 0.6) is 0 Å². The molecule has 0 aliphatic carbocycles. The van der Waals surface area contributed by atoms with E-state index in [9.17, 15) is 22.8 Å². The second-order valence-electron chi connectivity index (χ2n) is 8.00. The van der Waals surface area contributed by atoms with Crippen molar-refractivity contribution in [1.29, 1.82) is 0 Å². The molecule has 10 heteroatoms. The van der Waals surface area contributed by atoms with E-state index in [-0.39, 0.29) is 5.91 Å². The van der Waals surface area contributed by atoms with Gasteiger partial charge in [0, 0.05) is 53.4 Å². The molecule has 7 nitrogen and oxygen atoms in total. The molecule has 1 amide bonds. The molecule has 2 aromatic carbocycles. The lowest BCUT2D eigenvalue weighted by Crippen LogP contribution is -2.35. The highest BCUT2D eigenvalue weighted by Crippen LogP contribution is 2.30. The highest BCUT2D eigenvalue weighted by Gasteiger charge is 2.33. The number of hydrogen-bond donors (Lipinski definition) is 1. The number of nitrogens with zero attached hydrogens (tertiary/aromatic N) is 3. The maximum absolute atomic E-state index is 13.1. The number of halogens is 3. The topological polar surface area (TPSA) is 80.2 Å². The highest BCUT2D eigenvalue weighted by atomic mass is 19.4. The van der Waals surface area contributed by atoms with Crippen LogP contribution in [0.15, 0.2) is 54.7 Å². The number of methoxy groups -OCH3 is 1. The second-order valence-corrected chi connectivity index (χ2v) is 8.00. The molecule has 0 saturated heterocycles. The van der Waals surface area contributed by atoms with Gasteiger partial charge in [-0.1, -0.05) is 0 Å². The number of hydrogen-bond acceptors (Lipinski definition) is 4. The van der Waals surface area contributed by atoms with Gasteiger partial charge < -0.3 is 14.6 Å². The van der Waals surface area contributed by atoms with Crippen LogP contribution >= 0.6 is 0 Å². The van der Waals surface area contributed by atoms with Gasteiger partial charge in [-0.2, -0.15) is 18.3 Å². The Morgan fingerprint density at radius 1 is 1.06 bits per heavy atom. The molecular formula is C24H19F3N4O3. The Balaban J connectivity index is 1.37. The Bertz CT molecular complexity index is 1400. The van der Waals surface area contributed by atoms with E-state index in [0.717, 1.165) is 32.9 Å². The van der Waals surface area contributed by atoms with Crippen molar-refractivity contribution in [3.8, 4) is 5.69 Å². The minimum Gasteiger partial charge on any atom is -0.465 e. The summed E-state index contributed by atoms with van der Waals surface area (Å²) in [7, 11) is 1.33. The Morgan fingerprint density at radius 3 is 2.47 bits per heavy atom. The van der Waals surface area contributed by atoms with E-state index in [1.165, 1.54) is 13.3 Å². The van der Waals surface area contributed by atoms with E-state index in [1.54, 1.807) is 41.3 Å². The molecule has 3 heterocycles. The fourth-order valence-electron chi connectivity index (χ4n) is 4.19. The first-order valence-electron chi connectivity index (χ1n) is 10.5. The van der Waals surface area contributed by atoms with Crippen LogP contribution in [0.2, 0.25) is 0 Å². The van der Waals surface area contributed by atoms with E-state index < -0.39 is 17.8 Å². The van der Waals surface area contributed by atoms with Crippen molar-refractivity contribution >= 4 is 22.8 Å². The summed E-state index contributed by atoms with van der Waals surface area (Å²) >= 11 is 0. The van der Waals surface area contributed by atoms with Crippen LogP contribution in [0.4, 0.5) is 13.2 Å². The lowest BCUT2D eigenvalue weighted by molar-refractivity contribution is -0.141. The number of ether oxygens (including phenoxy) is 1. The number of nitrogens with one attached hydrogen (secondary N) is 1. The van der Waals surface area contributed by atoms with Crippen molar-refractivity contribution in [2.75, 3.05) is 13.7 Å². The zero-order valence-electron chi connectivity index (χ0n) is 18.0. The van der Waals surface area contributed by atoms with Crippen molar-refractivity contribution in [3.63, 3.8) is 0 Å². The molecule has 0 bridgehead atoms. The van der Waals surface area contributed by atoms with Gasteiger partial charge in [0.1, 0.15) is 0 Å². The molecule has 34 heavy (non-hydrogen) atoms. The zero-order valence-corrected chi connectivity index (χ0v) is 18.0. The number of carbonyl (C=O) groups excluding carboxylic acids is 2. The monoisotopic (exact) mass is 468 g/mol. The van der Waals surface area contributed by atoms with E-state index in [0.29, 0.717) is 36.3 Å². The number of alkyl halides is 3. The van der Waals surface area contributed by atoms with E-state index in [2.05, 4.69) is 10.1 Å². The SMILES string of the molecule is COC(=O)c1ccc2[nH]c3c(c2c1)CN(C(=O)c1ccc(-n2ccc(C(F)(F)F)n2)cc1)CC3. The summed E-state index contributed by atoms with van der Waals surface area (Å²) in [5, 5.41) is 4.42. The normalized spacial score (nSPS) is 13.7. The molecule has 0 fully saturated rings. The first kappa shape index (κ1) is 21.7. The van der Waals surface area contributed by atoms with Crippen LogP contribution in [-0.2, 0) is 23.9 Å². The van der Waals surface area contributed by atoms with Crippen molar-refractivity contribution in [3.05, 3.63) is 82.8 Å². The number of carbonyl (C=O) groups is 2. The highest BCUT2D eigenvalue weighted by molar-refractivity contribution is 5.97. The van der Waals surface area contributed by atoms with Crippen molar-refractivity contribution in [2.24, 2.45) is 0 Å². The van der Waals surface area contributed by atoms with Crippen LogP contribution in [0.3, 0.4) is 0 Å². The minimum atomic E-state index is -4.52. The summed E-state index contributed by atoms with van der Waals surface area (Å²) in [6.07, 6.45) is -2.66. The Labute approximate surface area is 191 Å². The summed E-state index contributed by atoms with van der Waals surface area (Å²) in [5.41, 5.74) is 3.15. The second kappa shape index (κ2) is 8.05. The quantitative estimate of drug-likeness (QED) is 0.453. The summed E-state index contributed by atoms with van der Waals surface area (Å²) in [4.78, 5) is 30.1. The molecule has 0 spiro atoms. The molecule has 174 valence electrons. The largest absolute Gasteiger partial charge is 0.465 e. The Kier molecular flexibility index (Phi) is 5.15. The van der Waals surface area contributed by atoms with Crippen LogP contribution in [0.1, 0.15) is 37.7 Å². The number of H-pyrrole nitrogens is 1. The van der Waals surface area contributed by atoms with Crippen molar-refractivity contribution < 1.29 is 27.5 Å². The summed E-state index contributed by atoms with van der Waals surface area (Å²) in [6.45, 7) is 0.882. The van der Waals surface area contributed by atoms with Crippen molar-refractivity contribution in [1.82, 2.24) is 19.7 Å². The molecule has 4 aromatic rings. The first-order chi connectivity index (χ1) is 16.2. The molecule has 0 radical (unpaired) electrons. The molecular weight excluding hydrogens is 449 g/mol. The van der Waals surface area contributed by atoms with E-state index in [1.807, 2.05) is 6.07 Å². The Morgan fingerprint density at radius 2 is 1.79 bits per heavy atom. The van der Waals surface area contributed by atoms with Gasteiger partial charge in [0.15, 0.2) is 5.69 Å². The maximum atomic E-state index is 13.1. The maximum Gasteiger partial charge on any atom is 0.435 e. The molecule has 2 aromatic heterocycles. The smallest absolute Gasteiger partial charge is 0.435 e. The van der Waals surface area contributed by atoms with Crippen molar-refractivity contribution in [2.45, 2.75) is 19.1 Å². The summed E-state index contributed by atoms with van der Waals surface area (Å²) < 4.78 is 44.3. The van der Waals surface area contributed by atoms with E-state index in [4.69, 9.17) is 4.74 Å². The number of esters is 1. The number of rotatable bonds is 3. The molecule has 0 saturated carbocycles. The number of fused-ring (bicyclic) bond motifs is 3. The van der Waals surface area contributed by atoms with E-state index >= 15 is 0 Å². The van der Waals surface area contributed by atoms with Gasteiger partial charge >= 0.3 is 12.1 Å². The average molecular weight is 468 g/mol. The number of aromatic nitrogens is 3. The summed E-state index contributed by atoms with van der Waals surface area (Å²) in [6, 6.07) is 12.4. The fraction of sp³-hybridized carbons (Fsp3) is 0.208. The molecule has 1 aliphatic heterocycles. The first-order valence-corrected chi connectivity index (χ1v) is 10.5. The van der Waals surface area contributed by atoms with Crippen LogP contribution in [-0.4, -0.2) is 45.2 Å². The number of amides is 1. The van der Waals surface area contributed by atoms with Crippen LogP contribution in [0.25, 0.3) is 16.6 Å². The summed E-state index contributed by atoms with van der Waals surface area (Å²) in [5.74, 6) is -0.618. The number of benzene rings is 2. The molecule has 0 atom stereocenters. The molecule has 1 aliphatic rings. The third-order valence-electron chi connectivity index (χ3n) is 5.94. The lowest BCUT2D eigenvalue weighted by atomic mass is 10.0. The van der Waals surface area contributed by atoms with Gasteiger partial charge in [-0.3, -0.25) is 4.79 Å². The van der Waals surface area contributed by atoms with Gasteiger partial charge in [-0.25, -0.2) is 9.48 Å². The molecule has 5 rings (SSSR count). The predicted molar refractivity (Wildman–Crippen MR) is 117 cm³/mol. The third kappa shape index (κ3) is 3.81. The minimum absolute atomic E-state index is 0.188. The Hall–Kier alpha value is -4.08. The van der Waals surface area contributed by atoms with Crippen LogP contribution in [0, 0.1) is 0 Å². The average Bonchev–Trinajstić information content (AvgIpc) is 3.48. The third-order valence-corrected chi connectivity index (χ3v) is 5.94. The standard InChI is InChI=1S/C24H19F3N4O3/c1-34-23(33)15-4-7-19-17(12-15)18-13-30(10-8-20(18)28-19)22(32)14-2-5-16(6-3-14)31-11-9-21(29-31)24(25,26)27/h2-7,9,11-12,28H,8,10,13H2,1H3. The number of aromatic amines is 1. The fourth-order valence-corrected chi connectivity index (χ4v) is 4.19. The molecule has 1 N–H and O–H groups in total. The van der Waals surface area contributed by atoms with Gasteiger partial charge in [0.05, 0.1) is 18.4 Å². The predicted octanol–water partition coefficient (Wildman–Crippen LogP) is 4.36. The van der Waals surface area contributed by atoms with Crippen LogP contribution < -0.4 is 0 Å². The van der Waals surface area contributed by atoms with Gasteiger partial charge in [-0.05, 0) is 48.5 Å². The lowest BCUT2D eigenvalue weighted by Gasteiger charge is -2.27. The van der Waals surface area contributed by atoms with Gasteiger partial charge in [0.2, 0.25) is 0 Å². The van der Waals surface area contributed by atoms with Gasteiger partial charge in [0.25, 0.3) is 5.91 Å².